The van der Waals surface area contributed by atoms with Crippen molar-refractivity contribution in [3.05, 3.63) is 17.9 Å². The molecule has 1 heterocycles. The molecule has 120 valence electrons. The van der Waals surface area contributed by atoms with Crippen LogP contribution in [-0.4, -0.2) is 56.6 Å². The van der Waals surface area contributed by atoms with Crippen LogP contribution in [0.5, 0.6) is 0 Å². The van der Waals surface area contributed by atoms with Gasteiger partial charge in [0, 0.05) is 13.1 Å². The number of carbonyl (C=O) groups excluding carboxylic acids is 1. The Balaban J connectivity index is 2.71. The fraction of sp³-hybridized carbons (Fsp3) is 0.643. The fourth-order valence-corrected chi connectivity index (χ4v) is 3.53. The summed E-state index contributed by atoms with van der Waals surface area (Å²) in [7, 11) is -3.66. The molecule has 6 nitrogen and oxygen atoms in total. The van der Waals surface area contributed by atoms with Crippen molar-refractivity contribution in [1.29, 1.82) is 0 Å². The summed E-state index contributed by atoms with van der Waals surface area (Å²) in [6.45, 7) is 9.54. The smallest absolute Gasteiger partial charge is 0.276 e. The molecule has 1 aromatic heterocycles. The third-order valence-electron chi connectivity index (χ3n) is 3.44. The van der Waals surface area contributed by atoms with E-state index in [0.29, 0.717) is 19.4 Å². The van der Waals surface area contributed by atoms with Crippen molar-refractivity contribution in [2.75, 3.05) is 32.7 Å². The van der Waals surface area contributed by atoms with Crippen LogP contribution in [0.2, 0.25) is 0 Å². The van der Waals surface area contributed by atoms with E-state index >= 15 is 0 Å². The number of nitrogens with zero attached hydrogens (tertiary/aromatic N) is 2. The van der Waals surface area contributed by atoms with Gasteiger partial charge in [-0.1, -0.05) is 20.8 Å². The SMILES string of the molecule is CCN(CC)CCCN(CC)S(=O)(=O)c1ccc(C=O)o1. The molecule has 0 radical (unpaired) electrons. The molecule has 0 N–H and O–H groups in total. The van der Waals surface area contributed by atoms with Gasteiger partial charge in [0.05, 0.1) is 0 Å². The van der Waals surface area contributed by atoms with E-state index in [-0.39, 0.29) is 10.9 Å². The Labute approximate surface area is 126 Å². The summed E-state index contributed by atoms with van der Waals surface area (Å²) in [6.07, 6.45) is 1.26. The number of hydrogen-bond donors (Lipinski definition) is 0. The van der Waals surface area contributed by atoms with Crippen molar-refractivity contribution in [2.24, 2.45) is 0 Å². The first-order valence-electron chi connectivity index (χ1n) is 7.27. The van der Waals surface area contributed by atoms with Crippen molar-refractivity contribution in [1.82, 2.24) is 9.21 Å². The highest BCUT2D eigenvalue weighted by Crippen LogP contribution is 2.18. The Morgan fingerprint density at radius 3 is 2.24 bits per heavy atom. The second-order valence-corrected chi connectivity index (χ2v) is 6.52. The zero-order valence-electron chi connectivity index (χ0n) is 12.9. The topological polar surface area (TPSA) is 70.8 Å². The highest BCUT2D eigenvalue weighted by molar-refractivity contribution is 7.89. The zero-order chi connectivity index (χ0) is 15.9. The van der Waals surface area contributed by atoms with Crippen LogP contribution in [0.3, 0.4) is 0 Å². The first-order chi connectivity index (χ1) is 9.99. The molecule has 0 saturated heterocycles. The van der Waals surface area contributed by atoms with Gasteiger partial charge in [-0.15, -0.1) is 0 Å². The maximum atomic E-state index is 12.4. The van der Waals surface area contributed by atoms with Crippen molar-refractivity contribution >= 4 is 16.3 Å². The van der Waals surface area contributed by atoms with E-state index in [0.717, 1.165) is 26.1 Å². The Bertz CT molecular complexity index is 535. The Hall–Kier alpha value is -1.18. The molecule has 0 fully saturated rings. The first kappa shape index (κ1) is 17.9. The quantitative estimate of drug-likeness (QED) is 0.616. The number of furan rings is 1. The van der Waals surface area contributed by atoms with E-state index in [1.807, 2.05) is 0 Å². The van der Waals surface area contributed by atoms with Crippen molar-refractivity contribution in [3.8, 4) is 0 Å². The van der Waals surface area contributed by atoms with Crippen LogP contribution in [0.4, 0.5) is 0 Å². The van der Waals surface area contributed by atoms with Gasteiger partial charge in [0.1, 0.15) is 0 Å². The van der Waals surface area contributed by atoms with Crippen LogP contribution in [0, 0.1) is 0 Å². The van der Waals surface area contributed by atoms with Gasteiger partial charge in [-0.05, 0) is 38.2 Å². The minimum Gasteiger partial charge on any atom is -0.440 e. The molecule has 0 unspecified atom stereocenters. The minimum atomic E-state index is -3.66. The molecule has 0 aliphatic rings. The van der Waals surface area contributed by atoms with Gasteiger partial charge in [0.15, 0.2) is 12.0 Å². The predicted molar refractivity (Wildman–Crippen MR) is 80.9 cm³/mol. The fourth-order valence-electron chi connectivity index (χ4n) is 2.12. The highest BCUT2D eigenvalue weighted by Gasteiger charge is 2.26. The normalized spacial score (nSPS) is 12.2. The average molecular weight is 316 g/mol. The molecule has 0 aromatic carbocycles. The summed E-state index contributed by atoms with van der Waals surface area (Å²) in [6, 6.07) is 2.69. The van der Waals surface area contributed by atoms with Crippen molar-refractivity contribution in [2.45, 2.75) is 32.3 Å². The standard InChI is InChI=1S/C14H24N2O4S/c1-4-15(5-2)10-7-11-16(6-3)21(18,19)14-9-8-13(12-17)20-14/h8-9,12H,4-7,10-11H2,1-3H3. The third kappa shape index (κ3) is 4.66. The number of aldehydes is 1. The summed E-state index contributed by atoms with van der Waals surface area (Å²) in [5.74, 6) is 0.0211. The lowest BCUT2D eigenvalue weighted by Crippen LogP contribution is -2.34. The Kier molecular flexibility index (Phi) is 7.07. The van der Waals surface area contributed by atoms with Gasteiger partial charge in [-0.2, -0.15) is 4.31 Å². The maximum absolute atomic E-state index is 12.4. The number of hydrogen-bond acceptors (Lipinski definition) is 5. The summed E-state index contributed by atoms with van der Waals surface area (Å²) in [5.41, 5.74) is 0. The minimum absolute atomic E-state index is 0.0211. The van der Waals surface area contributed by atoms with Crippen LogP contribution in [-0.2, 0) is 10.0 Å². The Morgan fingerprint density at radius 2 is 1.76 bits per heavy atom. The first-order valence-corrected chi connectivity index (χ1v) is 8.71. The molecular formula is C14H24N2O4S. The number of sulfonamides is 1. The molecule has 1 rings (SSSR count). The van der Waals surface area contributed by atoms with E-state index in [2.05, 4.69) is 18.7 Å². The highest BCUT2D eigenvalue weighted by atomic mass is 32.2. The third-order valence-corrected chi connectivity index (χ3v) is 5.29. The van der Waals surface area contributed by atoms with Crippen molar-refractivity contribution < 1.29 is 17.6 Å². The molecule has 0 atom stereocenters. The van der Waals surface area contributed by atoms with Crippen LogP contribution < -0.4 is 0 Å². The summed E-state index contributed by atoms with van der Waals surface area (Å²) >= 11 is 0. The van der Waals surface area contributed by atoms with Gasteiger partial charge < -0.3 is 9.32 Å². The summed E-state index contributed by atoms with van der Waals surface area (Å²) in [4.78, 5) is 12.8. The second kappa shape index (κ2) is 8.31. The molecule has 21 heavy (non-hydrogen) atoms. The molecule has 7 heteroatoms. The van der Waals surface area contributed by atoms with Crippen LogP contribution >= 0.6 is 0 Å². The molecule has 0 amide bonds. The lowest BCUT2D eigenvalue weighted by Gasteiger charge is -2.22. The van der Waals surface area contributed by atoms with E-state index < -0.39 is 10.0 Å². The second-order valence-electron chi connectivity index (χ2n) is 4.65. The van der Waals surface area contributed by atoms with Crippen LogP contribution in [0.15, 0.2) is 21.6 Å². The molecule has 0 saturated carbocycles. The van der Waals surface area contributed by atoms with Gasteiger partial charge in [-0.3, -0.25) is 4.79 Å². The van der Waals surface area contributed by atoms with Crippen LogP contribution in [0.25, 0.3) is 0 Å². The van der Waals surface area contributed by atoms with E-state index in [9.17, 15) is 13.2 Å². The Morgan fingerprint density at radius 1 is 1.10 bits per heavy atom. The zero-order valence-corrected chi connectivity index (χ0v) is 13.7. The van der Waals surface area contributed by atoms with Gasteiger partial charge >= 0.3 is 0 Å². The number of rotatable bonds is 10. The van der Waals surface area contributed by atoms with Gasteiger partial charge in [0.2, 0.25) is 5.09 Å². The number of carbonyl (C=O) groups is 1. The lowest BCUT2D eigenvalue weighted by atomic mass is 10.3. The monoisotopic (exact) mass is 316 g/mol. The van der Waals surface area contributed by atoms with Gasteiger partial charge in [0.25, 0.3) is 10.0 Å². The predicted octanol–water partition coefficient (Wildman–Crippen LogP) is 1.83. The maximum Gasteiger partial charge on any atom is 0.276 e. The molecule has 0 aliphatic heterocycles. The summed E-state index contributed by atoms with van der Waals surface area (Å²) < 4.78 is 31.2. The molecule has 0 spiro atoms. The van der Waals surface area contributed by atoms with Crippen molar-refractivity contribution in [3.63, 3.8) is 0 Å². The lowest BCUT2D eigenvalue weighted by molar-refractivity contribution is 0.109. The molecule has 0 bridgehead atoms. The van der Waals surface area contributed by atoms with Crippen LogP contribution in [0.1, 0.15) is 37.7 Å². The van der Waals surface area contributed by atoms with E-state index in [4.69, 9.17) is 4.42 Å². The molecule has 1 aromatic rings. The average Bonchev–Trinajstić information content (AvgIpc) is 2.97. The van der Waals surface area contributed by atoms with Gasteiger partial charge in [-0.25, -0.2) is 8.42 Å². The van der Waals surface area contributed by atoms with E-state index in [1.165, 1.54) is 16.4 Å². The molecular weight excluding hydrogens is 292 g/mol. The van der Waals surface area contributed by atoms with E-state index in [1.54, 1.807) is 6.92 Å². The summed E-state index contributed by atoms with van der Waals surface area (Å²) in [5, 5.41) is -0.172. The largest absolute Gasteiger partial charge is 0.440 e. The molecule has 0 aliphatic carbocycles.